The van der Waals surface area contributed by atoms with E-state index in [4.69, 9.17) is 4.74 Å². The van der Waals surface area contributed by atoms with Gasteiger partial charge in [0.1, 0.15) is 12.4 Å². The van der Waals surface area contributed by atoms with Gasteiger partial charge in [-0.1, -0.05) is 32.9 Å². The summed E-state index contributed by atoms with van der Waals surface area (Å²) in [5.41, 5.74) is 2.51. The predicted octanol–water partition coefficient (Wildman–Crippen LogP) is 3.03. The normalized spacial score (nSPS) is 20.0. The number of rotatable bonds is 6. The zero-order valence-electron chi connectivity index (χ0n) is 17.9. The van der Waals surface area contributed by atoms with E-state index in [2.05, 4.69) is 48.6 Å². The first-order valence-electron chi connectivity index (χ1n) is 9.97. The molecule has 0 aliphatic carbocycles. The summed E-state index contributed by atoms with van der Waals surface area (Å²) in [6.45, 7) is 10.5. The molecule has 1 fully saturated rings. The molecule has 2 aromatic rings. The molecule has 0 radical (unpaired) electrons. The van der Waals surface area contributed by atoms with Crippen molar-refractivity contribution in [2.75, 3.05) is 19.7 Å². The van der Waals surface area contributed by atoms with Gasteiger partial charge in [0.25, 0.3) is 0 Å². The molecular formula is C22H33ClN4O2. The van der Waals surface area contributed by atoms with Crippen LogP contribution in [0, 0.1) is 5.92 Å². The van der Waals surface area contributed by atoms with Crippen LogP contribution < -0.4 is 15.4 Å². The minimum Gasteiger partial charge on any atom is -0.491 e. The Bertz CT molecular complexity index is 798. The molecule has 3 rings (SSSR count). The van der Waals surface area contributed by atoms with Crippen molar-refractivity contribution in [2.24, 2.45) is 13.0 Å². The Morgan fingerprint density at radius 2 is 2.00 bits per heavy atom. The summed E-state index contributed by atoms with van der Waals surface area (Å²) in [6.07, 6.45) is 3.84. The fourth-order valence-corrected chi connectivity index (χ4v) is 3.60. The van der Waals surface area contributed by atoms with Crippen LogP contribution in [-0.4, -0.2) is 41.4 Å². The molecule has 0 saturated carbocycles. The summed E-state index contributed by atoms with van der Waals surface area (Å²) in [6, 6.07) is 8.12. The Labute approximate surface area is 179 Å². The highest BCUT2D eigenvalue weighted by molar-refractivity contribution is 5.85. The van der Waals surface area contributed by atoms with Crippen LogP contribution in [0.3, 0.4) is 0 Å². The molecule has 3 atom stereocenters. The van der Waals surface area contributed by atoms with Gasteiger partial charge in [-0.05, 0) is 35.6 Å². The van der Waals surface area contributed by atoms with Gasteiger partial charge in [-0.25, -0.2) is 0 Å². The van der Waals surface area contributed by atoms with Crippen molar-refractivity contribution in [1.82, 2.24) is 20.4 Å². The summed E-state index contributed by atoms with van der Waals surface area (Å²) in [5, 5.41) is 10.7. The van der Waals surface area contributed by atoms with Gasteiger partial charge in [0.05, 0.1) is 18.2 Å². The van der Waals surface area contributed by atoms with Crippen molar-refractivity contribution < 1.29 is 9.53 Å². The third-order valence-corrected chi connectivity index (χ3v) is 5.31. The van der Waals surface area contributed by atoms with Crippen LogP contribution >= 0.6 is 12.4 Å². The van der Waals surface area contributed by atoms with Gasteiger partial charge in [0.2, 0.25) is 5.91 Å². The van der Waals surface area contributed by atoms with E-state index >= 15 is 0 Å². The monoisotopic (exact) mass is 420 g/mol. The van der Waals surface area contributed by atoms with E-state index in [1.807, 2.05) is 38.5 Å². The standard InChI is InChI=1S/C22H32N4O2.ClH/c1-15(14-28-18-8-6-17(7-9-18)22(2,3)4)25-21(27)20-12-23-11-19(20)16-10-24-26(5)13-16;/h6-10,13,15,19-20,23H,11-12,14H2,1-5H3,(H,25,27);1H/t15?,19-,20+;/m1./s1. The van der Waals surface area contributed by atoms with Crippen molar-refractivity contribution in [1.29, 1.82) is 0 Å². The minimum atomic E-state index is -0.0854. The lowest BCUT2D eigenvalue weighted by atomic mass is 9.87. The quantitative estimate of drug-likeness (QED) is 0.753. The summed E-state index contributed by atoms with van der Waals surface area (Å²) in [5.74, 6) is 0.965. The predicted molar refractivity (Wildman–Crippen MR) is 118 cm³/mol. The van der Waals surface area contributed by atoms with Gasteiger partial charge in [0, 0.05) is 32.3 Å². The lowest BCUT2D eigenvalue weighted by molar-refractivity contribution is -0.125. The number of hydrogen-bond acceptors (Lipinski definition) is 4. The van der Waals surface area contributed by atoms with Gasteiger partial charge in [-0.2, -0.15) is 5.10 Å². The van der Waals surface area contributed by atoms with E-state index in [1.54, 1.807) is 4.68 Å². The molecule has 1 aliphatic rings. The fourth-order valence-electron chi connectivity index (χ4n) is 3.60. The highest BCUT2D eigenvalue weighted by atomic mass is 35.5. The molecule has 2 N–H and O–H groups in total. The van der Waals surface area contributed by atoms with Crippen molar-refractivity contribution in [3.8, 4) is 5.75 Å². The number of nitrogens with one attached hydrogen (secondary N) is 2. The lowest BCUT2D eigenvalue weighted by Gasteiger charge is -2.21. The number of ether oxygens (including phenoxy) is 1. The summed E-state index contributed by atoms with van der Waals surface area (Å²) < 4.78 is 7.65. The Morgan fingerprint density at radius 3 is 2.59 bits per heavy atom. The maximum Gasteiger partial charge on any atom is 0.225 e. The number of benzene rings is 1. The van der Waals surface area contributed by atoms with Gasteiger partial charge in [-0.15, -0.1) is 12.4 Å². The van der Waals surface area contributed by atoms with Gasteiger partial charge >= 0.3 is 0 Å². The number of hydrogen-bond donors (Lipinski definition) is 2. The highest BCUT2D eigenvalue weighted by Crippen LogP contribution is 2.28. The van der Waals surface area contributed by atoms with Gasteiger partial charge in [-0.3, -0.25) is 9.48 Å². The molecule has 1 aromatic carbocycles. The number of halogens is 1. The lowest BCUT2D eigenvalue weighted by Crippen LogP contribution is -2.42. The molecule has 1 aromatic heterocycles. The minimum absolute atomic E-state index is 0. The first kappa shape index (κ1) is 23.2. The SMILES string of the molecule is CC(COc1ccc(C(C)(C)C)cc1)NC(=O)[C@H]1CNC[C@@H]1c1cnn(C)c1.Cl. The number of aromatic nitrogens is 2. The van der Waals surface area contributed by atoms with E-state index in [9.17, 15) is 4.79 Å². The zero-order valence-corrected chi connectivity index (χ0v) is 18.8. The van der Waals surface area contributed by atoms with Gasteiger partial charge < -0.3 is 15.4 Å². The van der Waals surface area contributed by atoms with Crippen molar-refractivity contribution in [3.63, 3.8) is 0 Å². The molecule has 160 valence electrons. The first-order chi connectivity index (χ1) is 13.2. The molecule has 1 unspecified atom stereocenters. The molecule has 1 aliphatic heterocycles. The zero-order chi connectivity index (χ0) is 20.3. The van der Waals surface area contributed by atoms with Crippen LogP contribution in [0.1, 0.15) is 44.7 Å². The van der Waals surface area contributed by atoms with Crippen molar-refractivity contribution in [2.45, 2.75) is 45.1 Å². The molecule has 29 heavy (non-hydrogen) atoms. The average Bonchev–Trinajstić information content (AvgIpc) is 3.28. The van der Waals surface area contributed by atoms with Crippen LogP contribution in [0.2, 0.25) is 0 Å². The largest absolute Gasteiger partial charge is 0.491 e. The first-order valence-corrected chi connectivity index (χ1v) is 9.97. The highest BCUT2D eigenvalue weighted by Gasteiger charge is 2.35. The molecular weight excluding hydrogens is 388 g/mol. The third-order valence-electron chi connectivity index (χ3n) is 5.31. The molecule has 0 spiro atoms. The Hall–Kier alpha value is -2.05. The number of nitrogens with zero attached hydrogens (tertiary/aromatic N) is 2. The Morgan fingerprint density at radius 1 is 1.31 bits per heavy atom. The van der Waals surface area contributed by atoms with Gasteiger partial charge in [0.15, 0.2) is 0 Å². The Kier molecular flexibility index (Phi) is 7.72. The van der Waals surface area contributed by atoms with Crippen LogP contribution in [0.5, 0.6) is 5.75 Å². The van der Waals surface area contributed by atoms with E-state index in [0.717, 1.165) is 17.9 Å². The molecule has 2 heterocycles. The second kappa shape index (κ2) is 9.63. The number of amides is 1. The maximum atomic E-state index is 12.8. The summed E-state index contributed by atoms with van der Waals surface area (Å²) in [4.78, 5) is 12.8. The molecule has 1 saturated heterocycles. The third kappa shape index (κ3) is 5.97. The summed E-state index contributed by atoms with van der Waals surface area (Å²) in [7, 11) is 1.90. The molecule has 0 bridgehead atoms. The fraction of sp³-hybridized carbons (Fsp3) is 0.545. The number of carbonyl (C=O) groups is 1. The summed E-state index contributed by atoms with van der Waals surface area (Å²) >= 11 is 0. The van der Waals surface area contributed by atoms with Crippen LogP contribution in [-0.2, 0) is 17.3 Å². The van der Waals surface area contributed by atoms with Crippen LogP contribution in [0.15, 0.2) is 36.7 Å². The van der Waals surface area contributed by atoms with E-state index in [0.29, 0.717) is 13.2 Å². The Balaban J connectivity index is 0.00000300. The average molecular weight is 421 g/mol. The topological polar surface area (TPSA) is 68.2 Å². The smallest absolute Gasteiger partial charge is 0.225 e. The van der Waals surface area contributed by atoms with Crippen LogP contribution in [0.4, 0.5) is 0 Å². The van der Waals surface area contributed by atoms with E-state index in [1.165, 1.54) is 5.56 Å². The second-order valence-electron chi connectivity index (χ2n) is 8.81. The second-order valence-corrected chi connectivity index (χ2v) is 8.81. The van der Waals surface area contributed by atoms with E-state index in [-0.39, 0.29) is 41.6 Å². The number of aryl methyl sites for hydroxylation is 1. The molecule has 7 heteroatoms. The van der Waals surface area contributed by atoms with Crippen molar-refractivity contribution in [3.05, 3.63) is 47.8 Å². The number of carbonyl (C=O) groups excluding carboxylic acids is 1. The maximum absolute atomic E-state index is 12.8. The van der Waals surface area contributed by atoms with Crippen molar-refractivity contribution >= 4 is 18.3 Å². The van der Waals surface area contributed by atoms with Crippen LogP contribution in [0.25, 0.3) is 0 Å². The molecule has 1 amide bonds. The molecule has 6 nitrogen and oxygen atoms in total. The van der Waals surface area contributed by atoms with E-state index < -0.39 is 0 Å².